The molecule has 1 fully saturated rings. The Morgan fingerprint density at radius 3 is 2.61 bits per heavy atom. The SMILES string of the molecule is Cc1ccc(C2CN(C(=O)/C=C/c3ccccc3)CCO2)cc1. The van der Waals surface area contributed by atoms with Crippen molar-refractivity contribution in [3.05, 3.63) is 77.4 Å². The Hall–Kier alpha value is -2.39. The van der Waals surface area contributed by atoms with Gasteiger partial charge in [-0.1, -0.05) is 60.2 Å². The molecule has 1 aliphatic heterocycles. The number of hydrogen-bond donors (Lipinski definition) is 0. The van der Waals surface area contributed by atoms with Gasteiger partial charge in [0.05, 0.1) is 13.2 Å². The fourth-order valence-electron chi connectivity index (χ4n) is 2.67. The van der Waals surface area contributed by atoms with Crippen molar-refractivity contribution in [3.8, 4) is 0 Å². The standard InChI is InChI=1S/C20H21NO2/c1-16-7-10-18(11-8-16)19-15-21(13-14-23-19)20(22)12-9-17-5-3-2-4-6-17/h2-12,19H,13-15H2,1H3/b12-9+. The molecule has 118 valence electrons. The van der Waals surface area contributed by atoms with E-state index in [9.17, 15) is 4.79 Å². The molecule has 3 nitrogen and oxygen atoms in total. The minimum atomic E-state index is -0.0431. The first-order valence-corrected chi connectivity index (χ1v) is 7.92. The maximum Gasteiger partial charge on any atom is 0.246 e. The Morgan fingerprint density at radius 2 is 1.87 bits per heavy atom. The summed E-state index contributed by atoms with van der Waals surface area (Å²) in [7, 11) is 0. The first kappa shape index (κ1) is 15.5. The van der Waals surface area contributed by atoms with Crippen molar-refractivity contribution in [3.63, 3.8) is 0 Å². The zero-order valence-electron chi connectivity index (χ0n) is 13.3. The first-order chi connectivity index (χ1) is 11.2. The van der Waals surface area contributed by atoms with E-state index < -0.39 is 0 Å². The lowest BCUT2D eigenvalue weighted by Gasteiger charge is -2.32. The molecule has 2 aromatic rings. The number of carbonyl (C=O) groups is 1. The molecule has 1 heterocycles. The van der Waals surface area contributed by atoms with Crippen LogP contribution in [-0.4, -0.2) is 30.5 Å². The van der Waals surface area contributed by atoms with Crippen molar-refractivity contribution in [2.45, 2.75) is 13.0 Å². The Bertz CT molecular complexity index is 677. The van der Waals surface area contributed by atoms with Crippen molar-refractivity contribution >= 4 is 12.0 Å². The number of amides is 1. The lowest BCUT2D eigenvalue weighted by Crippen LogP contribution is -2.41. The summed E-state index contributed by atoms with van der Waals surface area (Å²) in [5.41, 5.74) is 3.38. The highest BCUT2D eigenvalue weighted by Gasteiger charge is 2.24. The van der Waals surface area contributed by atoms with Gasteiger partial charge in [-0.2, -0.15) is 0 Å². The van der Waals surface area contributed by atoms with Gasteiger partial charge in [0.2, 0.25) is 5.91 Å². The zero-order chi connectivity index (χ0) is 16.1. The van der Waals surface area contributed by atoms with Gasteiger partial charge in [-0.25, -0.2) is 0 Å². The Morgan fingerprint density at radius 1 is 1.13 bits per heavy atom. The van der Waals surface area contributed by atoms with Crippen LogP contribution in [0, 0.1) is 6.92 Å². The molecule has 3 heteroatoms. The minimum Gasteiger partial charge on any atom is -0.370 e. The number of nitrogens with zero attached hydrogens (tertiary/aromatic N) is 1. The Balaban J connectivity index is 1.65. The fraction of sp³-hybridized carbons (Fsp3) is 0.250. The van der Waals surface area contributed by atoms with Crippen molar-refractivity contribution in [1.82, 2.24) is 4.90 Å². The molecule has 1 aliphatic rings. The highest BCUT2D eigenvalue weighted by atomic mass is 16.5. The molecule has 0 aliphatic carbocycles. The molecule has 1 saturated heterocycles. The topological polar surface area (TPSA) is 29.5 Å². The maximum absolute atomic E-state index is 12.4. The lowest BCUT2D eigenvalue weighted by molar-refractivity contribution is -0.133. The average Bonchev–Trinajstić information content (AvgIpc) is 2.61. The zero-order valence-corrected chi connectivity index (χ0v) is 13.3. The van der Waals surface area contributed by atoms with Gasteiger partial charge in [0, 0.05) is 12.6 Å². The summed E-state index contributed by atoms with van der Waals surface area (Å²) in [5.74, 6) is 0.0364. The molecule has 3 rings (SSSR count). The van der Waals surface area contributed by atoms with Crippen LogP contribution in [0.25, 0.3) is 6.08 Å². The van der Waals surface area contributed by atoms with Gasteiger partial charge in [0.1, 0.15) is 6.10 Å². The van der Waals surface area contributed by atoms with E-state index in [0.29, 0.717) is 19.7 Å². The number of hydrogen-bond acceptors (Lipinski definition) is 2. The predicted octanol–water partition coefficient (Wildman–Crippen LogP) is 3.61. The molecule has 0 saturated carbocycles. The summed E-state index contributed by atoms with van der Waals surface area (Å²) in [5, 5.41) is 0. The van der Waals surface area contributed by atoms with Crippen LogP contribution in [0.3, 0.4) is 0 Å². The van der Waals surface area contributed by atoms with E-state index in [0.717, 1.165) is 11.1 Å². The van der Waals surface area contributed by atoms with Crippen LogP contribution >= 0.6 is 0 Å². The predicted molar refractivity (Wildman–Crippen MR) is 91.9 cm³/mol. The number of carbonyl (C=O) groups excluding carboxylic acids is 1. The highest BCUT2D eigenvalue weighted by molar-refractivity contribution is 5.91. The second-order valence-electron chi connectivity index (χ2n) is 5.80. The minimum absolute atomic E-state index is 0.0364. The molecule has 0 bridgehead atoms. The monoisotopic (exact) mass is 307 g/mol. The second-order valence-corrected chi connectivity index (χ2v) is 5.80. The van der Waals surface area contributed by atoms with E-state index in [4.69, 9.17) is 4.74 Å². The van der Waals surface area contributed by atoms with Gasteiger partial charge >= 0.3 is 0 Å². The third-order valence-corrected chi connectivity index (χ3v) is 4.05. The summed E-state index contributed by atoms with van der Waals surface area (Å²) in [6.45, 7) is 3.88. The van der Waals surface area contributed by atoms with E-state index in [1.165, 1.54) is 5.56 Å². The van der Waals surface area contributed by atoms with Crippen LogP contribution in [0.4, 0.5) is 0 Å². The van der Waals surface area contributed by atoms with Gasteiger partial charge in [-0.15, -0.1) is 0 Å². The number of aryl methyl sites for hydroxylation is 1. The maximum atomic E-state index is 12.4. The summed E-state index contributed by atoms with van der Waals surface area (Å²) in [6, 6.07) is 18.2. The molecular weight excluding hydrogens is 286 g/mol. The van der Waals surface area contributed by atoms with E-state index >= 15 is 0 Å². The van der Waals surface area contributed by atoms with Crippen LogP contribution in [0.15, 0.2) is 60.7 Å². The molecule has 0 N–H and O–H groups in total. The molecule has 2 aromatic carbocycles. The Labute approximate surface area is 137 Å². The van der Waals surface area contributed by atoms with E-state index in [1.54, 1.807) is 6.08 Å². The molecule has 0 radical (unpaired) electrons. The quantitative estimate of drug-likeness (QED) is 0.811. The molecule has 0 spiro atoms. The summed E-state index contributed by atoms with van der Waals surface area (Å²) in [4.78, 5) is 14.2. The number of morpholine rings is 1. The van der Waals surface area contributed by atoms with Crippen LogP contribution in [0.1, 0.15) is 22.8 Å². The van der Waals surface area contributed by atoms with Crippen molar-refractivity contribution in [2.24, 2.45) is 0 Å². The smallest absolute Gasteiger partial charge is 0.246 e. The summed E-state index contributed by atoms with van der Waals surface area (Å²) >= 11 is 0. The van der Waals surface area contributed by atoms with Crippen molar-refractivity contribution in [1.29, 1.82) is 0 Å². The third-order valence-electron chi connectivity index (χ3n) is 4.05. The summed E-state index contributed by atoms with van der Waals surface area (Å²) in [6.07, 6.45) is 3.46. The van der Waals surface area contributed by atoms with Crippen LogP contribution < -0.4 is 0 Å². The number of ether oxygens (including phenoxy) is 1. The van der Waals surface area contributed by atoms with Gasteiger partial charge < -0.3 is 9.64 Å². The van der Waals surface area contributed by atoms with Crippen LogP contribution in [-0.2, 0) is 9.53 Å². The second kappa shape index (κ2) is 7.25. The number of rotatable bonds is 3. The normalized spacial score (nSPS) is 18.3. The third kappa shape index (κ3) is 4.08. The largest absolute Gasteiger partial charge is 0.370 e. The highest BCUT2D eigenvalue weighted by Crippen LogP contribution is 2.22. The molecule has 23 heavy (non-hydrogen) atoms. The van der Waals surface area contributed by atoms with Crippen LogP contribution in [0.2, 0.25) is 0 Å². The van der Waals surface area contributed by atoms with Crippen molar-refractivity contribution < 1.29 is 9.53 Å². The first-order valence-electron chi connectivity index (χ1n) is 7.92. The van der Waals surface area contributed by atoms with E-state index in [1.807, 2.05) is 41.3 Å². The summed E-state index contributed by atoms with van der Waals surface area (Å²) < 4.78 is 5.83. The molecule has 1 amide bonds. The fourth-order valence-corrected chi connectivity index (χ4v) is 2.67. The Kier molecular flexibility index (Phi) is 4.89. The molecule has 1 unspecified atom stereocenters. The van der Waals surface area contributed by atoms with E-state index in [-0.39, 0.29) is 12.0 Å². The van der Waals surface area contributed by atoms with Crippen LogP contribution in [0.5, 0.6) is 0 Å². The average molecular weight is 307 g/mol. The van der Waals surface area contributed by atoms with Gasteiger partial charge in [-0.05, 0) is 24.1 Å². The molecule has 1 atom stereocenters. The number of benzene rings is 2. The van der Waals surface area contributed by atoms with Crippen molar-refractivity contribution in [2.75, 3.05) is 19.7 Å². The van der Waals surface area contributed by atoms with Gasteiger partial charge in [0.25, 0.3) is 0 Å². The lowest BCUT2D eigenvalue weighted by atomic mass is 10.1. The van der Waals surface area contributed by atoms with E-state index in [2.05, 4.69) is 31.2 Å². The van der Waals surface area contributed by atoms with Gasteiger partial charge in [-0.3, -0.25) is 4.79 Å². The van der Waals surface area contributed by atoms with Gasteiger partial charge in [0.15, 0.2) is 0 Å². The molecule has 0 aromatic heterocycles. The molecular formula is C20H21NO2.